The summed E-state index contributed by atoms with van der Waals surface area (Å²) < 4.78 is 17.9. The first-order valence-electron chi connectivity index (χ1n) is 11.0. The first-order valence-corrected chi connectivity index (χ1v) is 11.0. The number of methoxy groups -OCH3 is 2. The molecule has 0 atom stereocenters. The van der Waals surface area contributed by atoms with Crippen LogP contribution < -0.4 is 14.8 Å². The molecule has 0 aliphatic carbocycles. The summed E-state index contributed by atoms with van der Waals surface area (Å²) in [6.45, 7) is 1.44. The molecule has 1 aliphatic heterocycles. The molecule has 1 amide bonds. The van der Waals surface area contributed by atoms with E-state index in [1.807, 2.05) is 18.3 Å². The number of ether oxygens (including phenoxy) is 3. The van der Waals surface area contributed by atoms with Gasteiger partial charge >= 0.3 is 0 Å². The third kappa shape index (κ3) is 5.01. The van der Waals surface area contributed by atoms with E-state index in [4.69, 9.17) is 19.2 Å². The number of hydrogen-bond acceptors (Lipinski definition) is 7. The highest BCUT2D eigenvalue weighted by Crippen LogP contribution is 2.35. The van der Waals surface area contributed by atoms with Gasteiger partial charge in [0.2, 0.25) is 0 Å². The number of nitrogens with zero attached hydrogens (tertiary/aromatic N) is 3. The van der Waals surface area contributed by atoms with Gasteiger partial charge in [0.05, 0.1) is 30.4 Å². The van der Waals surface area contributed by atoms with E-state index in [-0.39, 0.29) is 29.4 Å². The van der Waals surface area contributed by atoms with Crippen molar-refractivity contribution < 1.29 is 23.9 Å². The van der Waals surface area contributed by atoms with Crippen molar-refractivity contribution in [2.24, 2.45) is 0 Å². The second-order valence-corrected chi connectivity index (χ2v) is 7.85. The van der Waals surface area contributed by atoms with Gasteiger partial charge in [-0.1, -0.05) is 12.1 Å². The zero-order valence-electron chi connectivity index (χ0n) is 19.1. The number of anilines is 1. The Morgan fingerprint density at radius 2 is 2.03 bits per heavy atom. The standard InChI is InChI=1S/C24H26N4O6/c1-32-10-11-34-22-14-20(28(30)31)18(13-21(22)33-2)24(29)25-17-7-5-6-16(12-17)19-15-27-9-4-3-8-23(27)26-19/h5-7,12-15H,3-4,8-11H2,1-2H3,(H,25,29). The molecule has 1 aliphatic rings. The van der Waals surface area contributed by atoms with E-state index >= 15 is 0 Å². The number of benzene rings is 2. The van der Waals surface area contributed by atoms with Crippen LogP contribution in [0.25, 0.3) is 11.3 Å². The van der Waals surface area contributed by atoms with Crippen molar-refractivity contribution in [3.63, 3.8) is 0 Å². The van der Waals surface area contributed by atoms with Gasteiger partial charge in [-0.15, -0.1) is 0 Å². The Balaban J connectivity index is 1.59. The van der Waals surface area contributed by atoms with Crippen LogP contribution in [0.1, 0.15) is 29.0 Å². The van der Waals surface area contributed by atoms with Crippen LogP contribution in [-0.4, -0.2) is 47.8 Å². The molecule has 178 valence electrons. The van der Waals surface area contributed by atoms with Gasteiger partial charge in [-0.25, -0.2) is 4.98 Å². The number of imidazole rings is 1. The lowest BCUT2D eigenvalue weighted by Gasteiger charge is -2.13. The smallest absolute Gasteiger partial charge is 0.286 e. The minimum atomic E-state index is -0.630. The predicted molar refractivity (Wildman–Crippen MR) is 126 cm³/mol. The van der Waals surface area contributed by atoms with Crippen molar-refractivity contribution in [1.29, 1.82) is 0 Å². The number of aromatic nitrogens is 2. The van der Waals surface area contributed by atoms with Crippen LogP contribution in [0.4, 0.5) is 11.4 Å². The monoisotopic (exact) mass is 466 g/mol. The van der Waals surface area contributed by atoms with Crippen molar-refractivity contribution in [3.05, 3.63) is 64.1 Å². The highest BCUT2D eigenvalue weighted by Gasteiger charge is 2.25. The Labute approximate surface area is 196 Å². The average Bonchev–Trinajstić information content (AvgIpc) is 3.28. The zero-order chi connectivity index (χ0) is 24.1. The number of nitrogens with one attached hydrogen (secondary N) is 1. The van der Waals surface area contributed by atoms with Crippen molar-refractivity contribution in [3.8, 4) is 22.8 Å². The van der Waals surface area contributed by atoms with E-state index in [9.17, 15) is 14.9 Å². The number of carbonyl (C=O) groups is 1. The van der Waals surface area contributed by atoms with E-state index < -0.39 is 10.8 Å². The molecule has 0 saturated heterocycles. The van der Waals surface area contributed by atoms with Crippen LogP contribution >= 0.6 is 0 Å². The fourth-order valence-corrected chi connectivity index (χ4v) is 3.90. The number of carbonyl (C=O) groups excluding carboxylic acids is 1. The van der Waals surface area contributed by atoms with Crippen LogP contribution in [0.5, 0.6) is 11.5 Å². The number of rotatable bonds is 9. The van der Waals surface area contributed by atoms with Gasteiger partial charge in [0, 0.05) is 43.6 Å². The largest absolute Gasteiger partial charge is 0.493 e. The van der Waals surface area contributed by atoms with Crippen molar-refractivity contribution in [2.75, 3.05) is 32.8 Å². The molecule has 2 aromatic carbocycles. The topological polar surface area (TPSA) is 118 Å². The highest BCUT2D eigenvalue weighted by atomic mass is 16.6. The highest BCUT2D eigenvalue weighted by molar-refractivity contribution is 6.07. The summed E-state index contributed by atoms with van der Waals surface area (Å²) in [6.07, 6.45) is 5.24. The summed E-state index contributed by atoms with van der Waals surface area (Å²) >= 11 is 0. The molecule has 34 heavy (non-hydrogen) atoms. The van der Waals surface area contributed by atoms with Crippen molar-refractivity contribution >= 4 is 17.3 Å². The lowest BCUT2D eigenvalue weighted by molar-refractivity contribution is -0.385. The molecular formula is C24H26N4O6. The number of nitro groups is 1. The van der Waals surface area contributed by atoms with Gasteiger partial charge in [0.25, 0.3) is 11.6 Å². The number of aryl methyl sites for hydroxylation is 2. The molecule has 0 spiro atoms. The molecule has 3 aromatic rings. The molecule has 10 heteroatoms. The van der Waals surface area contributed by atoms with Gasteiger partial charge in [0.15, 0.2) is 11.5 Å². The van der Waals surface area contributed by atoms with Crippen LogP contribution in [-0.2, 0) is 17.7 Å². The van der Waals surface area contributed by atoms with Crippen LogP contribution in [0.3, 0.4) is 0 Å². The molecule has 1 N–H and O–H groups in total. The molecule has 2 heterocycles. The van der Waals surface area contributed by atoms with Gasteiger partial charge in [-0.05, 0) is 25.0 Å². The quantitative estimate of drug-likeness (QED) is 0.287. The molecule has 4 rings (SSSR count). The fraction of sp³-hybridized carbons (Fsp3) is 0.333. The summed E-state index contributed by atoms with van der Waals surface area (Å²) in [5.74, 6) is 0.804. The predicted octanol–water partition coefficient (Wildman–Crippen LogP) is 4.08. The zero-order valence-corrected chi connectivity index (χ0v) is 19.1. The third-order valence-electron chi connectivity index (χ3n) is 5.59. The van der Waals surface area contributed by atoms with Gasteiger partial charge < -0.3 is 24.1 Å². The summed E-state index contributed by atoms with van der Waals surface area (Å²) in [6, 6.07) is 9.76. The fourth-order valence-electron chi connectivity index (χ4n) is 3.90. The summed E-state index contributed by atoms with van der Waals surface area (Å²) in [5.41, 5.74) is 1.67. The molecule has 10 nitrogen and oxygen atoms in total. The lowest BCUT2D eigenvalue weighted by atomic mass is 10.1. The lowest BCUT2D eigenvalue weighted by Crippen LogP contribution is -2.15. The Bertz CT molecular complexity index is 1180. The Morgan fingerprint density at radius 1 is 1.18 bits per heavy atom. The molecule has 0 bridgehead atoms. The second-order valence-electron chi connectivity index (χ2n) is 7.85. The van der Waals surface area contributed by atoms with E-state index in [1.54, 1.807) is 12.1 Å². The van der Waals surface area contributed by atoms with Crippen molar-refractivity contribution in [1.82, 2.24) is 9.55 Å². The molecule has 0 radical (unpaired) electrons. The van der Waals surface area contributed by atoms with E-state index in [0.717, 1.165) is 42.9 Å². The van der Waals surface area contributed by atoms with E-state index in [0.29, 0.717) is 12.3 Å². The summed E-state index contributed by atoms with van der Waals surface area (Å²) in [4.78, 5) is 28.8. The summed E-state index contributed by atoms with van der Waals surface area (Å²) in [5, 5.41) is 14.4. The molecule has 0 unspecified atom stereocenters. The average molecular weight is 466 g/mol. The van der Waals surface area contributed by atoms with Crippen LogP contribution in [0.2, 0.25) is 0 Å². The van der Waals surface area contributed by atoms with Crippen molar-refractivity contribution in [2.45, 2.75) is 25.8 Å². The Kier molecular flexibility index (Phi) is 7.07. The number of hydrogen-bond donors (Lipinski definition) is 1. The third-order valence-corrected chi connectivity index (χ3v) is 5.59. The second kappa shape index (κ2) is 10.3. The van der Waals surface area contributed by atoms with E-state index in [1.165, 1.54) is 26.4 Å². The molecule has 1 aromatic heterocycles. The van der Waals surface area contributed by atoms with Gasteiger partial charge in [-0.2, -0.15) is 0 Å². The van der Waals surface area contributed by atoms with Gasteiger partial charge in [-0.3, -0.25) is 14.9 Å². The summed E-state index contributed by atoms with van der Waals surface area (Å²) in [7, 11) is 2.92. The maximum absolute atomic E-state index is 13.0. The first-order chi connectivity index (χ1) is 16.5. The Hall–Kier alpha value is -3.92. The number of fused-ring (bicyclic) bond motifs is 1. The van der Waals surface area contributed by atoms with E-state index in [2.05, 4.69) is 9.88 Å². The normalized spacial score (nSPS) is 12.6. The first kappa shape index (κ1) is 23.2. The molecular weight excluding hydrogens is 440 g/mol. The van der Waals surface area contributed by atoms with Crippen LogP contribution in [0, 0.1) is 10.1 Å². The Morgan fingerprint density at radius 3 is 2.76 bits per heavy atom. The molecule has 0 saturated carbocycles. The minimum Gasteiger partial charge on any atom is -0.493 e. The SMILES string of the molecule is COCCOc1cc([N+](=O)[O-])c(C(=O)Nc2cccc(-c3cn4c(n3)CCCC4)c2)cc1OC. The minimum absolute atomic E-state index is 0.135. The maximum Gasteiger partial charge on any atom is 0.286 e. The molecule has 0 fully saturated rings. The van der Waals surface area contributed by atoms with Crippen LogP contribution in [0.15, 0.2) is 42.6 Å². The number of amides is 1. The van der Waals surface area contributed by atoms with Gasteiger partial charge in [0.1, 0.15) is 18.0 Å². The maximum atomic E-state index is 13.0. The number of nitro benzene ring substituents is 1.